The van der Waals surface area contributed by atoms with Crippen LogP contribution < -0.4 is 10.6 Å². The zero-order chi connectivity index (χ0) is 15.5. The Morgan fingerprint density at radius 3 is 2.59 bits per heavy atom. The molecule has 3 aliphatic heterocycles. The van der Waals surface area contributed by atoms with E-state index in [9.17, 15) is 4.79 Å². The molecule has 4 nitrogen and oxygen atoms in total. The normalized spacial score (nSPS) is 35.8. The SMILES string of the molecule is CC(C)N1CCCC(CNC(=O)CC2CC3CCC(C2)N3)C1. The highest BCUT2D eigenvalue weighted by Gasteiger charge is 2.34. The quantitative estimate of drug-likeness (QED) is 0.818. The molecule has 126 valence electrons. The Morgan fingerprint density at radius 2 is 1.91 bits per heavy atom. The molecular weight excluding hydrogens is 274 g/mol. The number of amides is 1. The van der Waals surface area contributed by atoms with E-state index in [0.29, 0.717) is 30.0 Å². The highest BCUT2D eigenvalue weighted by Crippen LogP contribution is 2.32. The number of carbonyl (C=O) groups is 1. The van der Waals surface area contributed by atoms with Crippen molar-refractivity contribution in [2.75, 3.05) is 19.6 Å². The van der Waals surface area contributed by atoms with Crippen molar-refractivity contribution < 1.29 is 4.79 Å². The summed E-state index contributed by atoms with van der Waals surface area (Å²) in [6.45, 7) is 7.79. The van der Waals surface area contributed by atoms with E-state index in [1.165, 1.54) is 45.1 Å². The lowest BCUT2D eigenvalue weighted by molar-refractivity contribution is -0.122. The molecule has 3 unspecified atom stereocenters. The molecule has 3 saturated heterocycles. The van der Waals surface area contributed by atoms with Crippen molar-refractivity contribution in [1.82, 2.24) is 15.5 Å². The second-order valence-electron chi connectivity index (χ2n) is 8.08. The monoisotopic (exact) mass is 307 g/mol. The van der Waals surface area contributed by atoms with E-state index < -0.39 is 0 Å². The predicted octanol–water partition coefficient (Wildman–Crippen LogP) is 2.14. The van der Waals surface area contributed by atoms with Gasteiger partial charge in [0, 0.05) is 37.6 Å². The molecule has 0 radical (unpaired) electrons. The van der Waals surface area contributed by atoms with Gasteiger partial charge in [0.15, 0.2) is 0 Å². The van der Waals surface area contributed by atoms with E-state index in [4.69, 9.17) is 0 Å². The zero-order valence-electron chi connectivity index (χ0n) is 14.3. The van der Waals surface area contributed by atoms with Crippen molar-refractivity contribution >= 4 is 5.91 Å². The molecule has 0 saturated carbocycles. The molecule has 3 aliphatic rings. The molecule has 0 aliphatic carbocycles. The molecule has 2 bridgehead atoms. The summed E-state index contributed by atoms with van der Waals surface area (Å²) in [7, 11) is 0. The summed E-state index contributed by atoms with van der Waals surface area (Å²) in [6.07, 6.45) is 8.32. The predicted molar refractivity (Wildman–Crippen MR) is 89.7 cm³/mol. The molecule has 0 spiro atoms. The average Bonchev–Trinajstić information content (AvgIpc) is 2.84. The van der Waals surface area contributed by atoms with E-state index in [0.717, 1.165) is 19.5 Å². The van der Waals surface area contributed by atoms with Crippen LogP contribution >= 0.6 is 0 Å². The lowest BCUT2D eigenvalue weighted by Gasteiger charge is -2.35. The van der Waals surface area contributed by atoms with Gasteiger partial charge >= 0.3 is 0 Å². The minimum atomic E-state index is 0.285. The highest BCUT2D eigenvalue weighted by molar-refractivity contribution is 5.76. The fourth-order valence-corrected chi connectivity index (χ4v) is 4.67. The van der Waals surface area contributed by atoms with Crippen LogP contribution in [0.5, 0.6) is 0 Å². The Kier molecular flexibility index (Phi) is 5.40. The van der Waals surface area contributed by atoms with E-state index in [1.54, 1.807) is 0 Å². The lowest BCUT2D eigenvalue weighted by Crippen LogP contribution is -2.44. The Bertz CT molecular complexity index is 373. The molecule has 3 fully saturated rings. The summed E-state index contributed by atoms with van der Waals surface area (Å²) >= 11 is 0. The van der Waals surface area contributed by atoms with Crippen molar-refractivity contribution in [3.05, 3.63) is 0 Å². The summed E-state index contributed by atoms with van der Waals surface area (Å²) in [4.78, 5) is 14.8. The number of nitrogens with one attached hydrogen (secondary N) is 2. The summed E-state index contributed by atoms with van der Waals surface area (Å²) in [5, 5.41) is 6.88. The largest absolute Gasteiger partial charge is 0.356 e. The molecule has 0 aromatic heterocycles. The zero-order valence-corrected chi connectivity index (χ0v) is 14.3. The maximum atomic E-state index is 12.3. The van der Waals surface area contributed by atoms with Gasteiger partial charge in [-0.25, -0.2) is 0 Å². The van der Waals surface area contributed by atoms with Crippen molar-refractivity contribution in [2.24, 2.45) is 11.8 Å². The van der Waals surface area contributed by atoms with Gasteiger partial charge in [0.05, 0.1) is 0 Å². The molecule has 3 rings (SSSR count). The fourth-order valence-electron chi connectivity index (χ4n) is 4.67. The Morgan fingerprint density at radius 1 is 1.18 bits per heavy atom. The Labute approximate surface area is 135 Å². The highest BCUT2D eigenvalue weighted by atomic mass is 16.1. The first-order chi connectivity index (χ1) is 10.6. The van der Waals surface area contributed by atoms with E-state index in [-0.39, 0.29) is 5.91 Å². The Hall–Kier alpha value is -0.610. The number of nitrogens with zero attached hydrogens (tertiary/aromatic N) is 1. The maximum Gasteiger partial charge on any atom is 0.220 e. The van der Waals surface area contributed by atoms with Crippen LogP contribution in [0.3, 0.4) is 0 Å². The van der Waals surface area contributed by atoms with Crippen LogP contribution in [0.25, 0.3) is 0 Å². The van der Waals surface area contributed by atoms with Crippen LogP contribution in [-0.2, 0) is 4.79 Å². The van der Waals surface area contributed by atoms with Crippen molar-refractivity contribution in [1.29, 1.82) is 0 Å². The standard InChI is InChI=1S/C18H33N3O/c1-13(2)21-7-3-4-14(12-21)11-19-18(22)10-15-8-16-5-6-17(9-15)20-16/h13-17,20H,3-12H2,1-2H3,(H,19,22). The number of hydrogen-bond acceptors (Lipinski definition) is 3. The van der Waals surface area contributed by atoms with Gasteiger partial charge in [0.1, 0.15) is 0 Å². The van der Waals surface area contributed by atoms with Gasteiger partial charge < -0.3 is 15.5 Å². The van der Waals surface area contributed by atoms with Crippen LogP contribution in [0.4, 0.5) is 0 Å². The van der Waals surface area contributed by atoms with Crippen molar-refractivity contribution in [2.45, 2.75) is 76.9 Å². The number of piperidine rings is 2. The first-order valence-corrected chi connectivity index (χ1v) is 9.37. The third kappa shape index (κ3) is 4.23. The topological polar surface area (TPSA) is 44.4 Å². The van der Waals surface area contributed by atoms with Crippen LogP contribution in [0.2, 0.25) is 0 Å². The average molecular weight is 307 g/mol. The van der Waals surface area contributed by atoms with Gasteiger partial charge in [0.25, 0.3) is 0 Å². The van der Waals surface area contributed by atoms with Gasteiger partial charge in [-0.1, -0.05) is 0 Å². The first-order valence-electron chi connectivity index (χ1n) is 9.37. The number of rotatable bonds is 5. The first kappa shape index (κ1) is 16.3. The van der Waals surface area contributed by atoms with Gasteiger partial charge in [0.2, 0.25) is 5.91 Å². The number of fused-ring (bicyclic) bond motifs is 2. The molecule has 2 N–H and O–H groups in total. The van der Waals surface area contributed by atoms with Crippen LogP contribution in [-0.4, -0.2) is 48.6 Å². The summed E-state index contributed by atoms with van der Waals surface area (Å²) < 4.78 is 0. The van der Waals surface area contributed by atoms with Gasteiger partial charge in [-0.05, 0) is 70.8 Å². The number of hydrogen-bond donors (Lipinski definition) is 2. The van der Waals surface area contributed by atoms with E-state index in [1.807, 2.05) is 0 Å². The lowest BCUT2D eigenvalue weighted by atomic mass is 9.89. The molecule has 0 aromatic carbocycles. The molecule has 4 heteroatoms. The van der Waals surface area contributed by atoms with Crippen molar-refractivity contribution in [3.8, 4) is 0 Å². The van der Waals surface area contributed by atoms with E-state index >= 15 is 0 Å². The minimum absolute atomic E-state index is 0.285. The number of carbonyl (C=O) groups excluding carboxylic acids is 1. The van der Waals surface area contributed by atoms with Gasteiger partial charge in [-0.15, -0.1) is 0 Å². The molecular formula is C18H33N3O. The molecule has 3 atom stereocenters. The summed E-state index contributed by atoms with van der Waals surface area (Å²) in [5.74, 6) is 1.54. The summed E-state index contributed by atoms with van der Waals surface area (Å²) in [6, 6.07) is 2.01. The van der Waals surface area contributed by atoms with Crippen LogP contribution in [0.15, 0.2) is 0 Å². The van der Waals surface area contributed by atoms with Crippen LogP contribution in [0.1, 0.15) is 58.8 Å². The molecule has 3 heterocycles. The van der Waals surface area contributed by atoms with Crippen LogP contribution in [0, 0.1) is 11.8 Å². The minimum Gasteiger partial charge on any atom is -0.356 e. The summed E-state index contributed by atoms with van der Waals surface area (Å²) in [5.41, 5.74) is 0. The third-order valence-electron chi connectivity index (χ3n) is 5.91. The van der Waals surface area contributed by atoms with Gasteiger partial charge in [-0.2, -0.15) is 0 Å². The second kappa shape index (κ2) is 7.31. The third-order valence-corrected chi connectivity index (χ3v) is 5.91. The Balaban J connectivity index is 1.37. The van der Waals surface area contributed by atoms with E-state index in [2.05, 4.69) is 29.4 Å². The maximum absolute atomic E-state index is 12.3. The fraction of sp³-hybridized carbons (Fsp3) is 0.944. The number of likely N-dealkylation sites (tertiary alicyclic amines) is 1. The second-order valence-corrected chi connectivity index (χ2v) is 8.08. The molecule has 22 heavy (non-hydrogen) atoms. The van der Waals surface area contributed by atoms with Crippen molar-refractivity contribution in [3.63, 3.8) is 0 Å². The van der Waals surface area contributed by atoms with Gasteiger partial charge in [-0.3, -0.25) is 4.79 Å². The molecule has 1 amide bonds. The smallest absolute Gasteiger partial charge is 0.220 e. The molecule has 0 aromatic rings.